The molecule has 0 amide bonds. The van der Waals surface area contributed by atoms with Crippen LogP contribution in [0.4, 0.5) is 0 Å². The lowest BCUT2D eigenvalue weighted by atomic mass is 9.98. The molecule has 0 fully saturated rings. The summed E-state index contributed by atoms with van der Waals surface area (Å²) in [6.07, 6.45) is 10.7. The Morgan fingerprint density at radius 3 is 2.83 bits per heavy atom. The van der Waals surface area contributed by atoms with Gasteiger partial charge >= 0.3 is 0 Å². The standard InChI is InChI=1S/C20H26O3/c1-14-12-19(22)13-17-9-5-4-6-10-18(21)11-7-8-15(2)23-16(3)20(14)17/h5,7,9,11-13,15,18,21-22H,3-4,6,8,10H2,1-2H3/b9-5+,11-7+/t15-,18+/m0/s1. The van der Waals surface area contributed by atoms with Crippen LogP contribution in [0.5, 0.6) is 5.75 Å². The summed E-state index contributed by atoms with van der Waals surface area (Å²) in [5.41, 5.74) is 2.79. The molecule has 0 unspecified atom stereocenters. The van der Waals surface area contributed by atoms with Crippen LogP contribution in [-0.4, -0.2) is 22.4 Å². The summed E-state index contributed by atoms with van der Waals surface area (Å²) in [6, 6.07) is 3.46. The van der Waals surface area contributed by atoms with E-state index < -0.39 is 6.10 Å². The minimum atomic E-state index is -0.402. The number of benzene rings is 1. The molecular weight excluding hydrogens is 288 g/mol. The van der Waals surface area contributed by atoms with E-state index in [9.17, 15) is 10.2 Å². The molecule has 2 atom stereocenters. The lowest BCUT2D eigenvalue weighted by molar-refractivity contribution is 0.186. The Labute approximate surface area is 138 Å². The molecule has 23 heavy (non-hydrogen) atoms. The normalized spacial score (nSPS) is 25.8. The molecule has 0 saturated carbocycles. The van der Waals surface area contributed by atoms with Crippen molar-refractivity contribution in [1.82, 2.24) is 0 Å². The van der Waals surface area contributed by atoms with Crippen LogP contribution in [0.2, 0.25) is 0 Å². The van der Waals surface area contributed by atoms with Gasteiger partial charge in [-0.25, -0.2) is 0 Å². The van der Waals surface area contributed by atoms with Crippen LogP contribution in [-0.2, 0) is 4.74 Å². The predicted molar refractivity (Wildman–Crippen MR) is 95.1 cm³/mol. The van der Waals surface area contributed by atoms with Crippen LogP contribution in [0, 0.1) is 6.92 Å². The summed E-state index contributed by atoms with van der Waals surface area (Å²) in [6.45, 7) is 8.00. The third-order valence-electron chi connectivity index (χ3n) is 3.97. The highest BCUT2D eigenvalue weighted by molar-refractivity contribution is 5.73. The number of aliphatic hydroxyl groups excluding tert-OH is 1. The van der Waals surface area contributed by atoms with Gasteiger partial charge in [0.15, 0.2) is 0 Å². The van der Waals surface area contributed by atoms with Crippen LogP contribution >= 0.6 is 0 Å². The Balaban J connectivity index is 2.34. The number of hydrogen-bond donors (Lipinski definition) is 2. The third-order valence-corrected chi connectivity index (χ3v) is 3.97. The topological polar surface area (TPSA) is 49.7 Å². The van der Waals surface area contributed by atoms with Crippen molar-refractivity contribution >= 4 is 11.8 Å². The van der Waals surface area contributed by atoms with E-state index in [0.29, 0.717) is 5.76 Å². The van der Waals surface area contributed by atoms with Gasteiger partial charge in [0.2, 0.25) is 0 Å². The van der Waals surface area contributed by atoms with Crippen molar-refractivity contribution in [2.24, 2.45) is 0 Å². The molecule has 0 saturated heterocycles. The summed E-state index contributed by atoms with van der Waals surface area (Å²) in [7, 11) is 0. The second-order valence-corrected chi connectivity index (χ2v) is 6.14. The molecule has 1 aromatic carbocycles. The van der Waals surface area contributed by atoms with Crippen molar-refractivity contribution in [3.63, 3.8) is 0 Å². The molecule has 0 bridgehead atoms. The number of aromatic hydroxyl groups is 1. The molecule has 1 heterocycles. The quantitative estimate of drug-likeness (QED) is 0.689. The number of phenolic OH excluding ortho intramolecular Hbond substituents is 1. The van der Waals surface area contributed by atoms with Gasteiger partial charge < -0.3 is 14.9 Å². The first-order chi connectivity index (χ1) is 11.0. The van der Waals surface area contributed by atoms with Crippen LogP contribution < -0.4 is 0 Å². The van der Waals surface area contributed by atoms with Crippen molar-refractivity contribution < 1.29 is 14.9 Å². The maximum Gasteiger partial charge on any atom is 0.120 e. The molecule has 1 aromatic rings. The highest BCUT2D eigenvalue weighted by Gasteiger charge is 2.13. The van der Waals surface area contributed by atoms with E-state index in [4.69, 9.17) is 4.74 Å². The summed E-state index contributed by atoms with van der Waals surface area (Å²) in [5.74, 6) is 0.854. The first-order valence-corrected chi connectivity index (χ1v) is 8.18. The van der Waals surface area contributed by atoms with Gasteiger partial charge in [-0.05, 0) is 56.4 Å². The minimum Gasteiger partial charge on any atom is -0.508 e. The summed E-state index contributed by atoms with van der Waals surface area (Å²) in [4.78, 5) is 0. The molecule has 0 spiro atoms. The second-order valence-electron chi connectivity index (χ2n) is 6.14. The zero-order chi connectivity index (χ0) is 16.8. The van der Waals surface area contributed by atoms with Gasteiger partial charge in [0.1, 0.15) is 11.5 Å². The third kappa shape index (κ3) is 5.00. The molecule has 2 rings (SSSR count). The summed E-state index contributed by atoms with van der Waals surface area (Å²) in [5, 5.41) is 19.8. The Kier molecular flexibility index (Phi) is 6.05. The average Bonchev–Trinajstić information content (AvgIpc) is 2.45. The van der Waals surface area contributed by atoms with E-state index in [1.807, 2.05) is 32.1 Å². The van der Waals surface area contributed by atoms with Gasteiger partial charge in [0.25, 0.3) is 0 Å². The van der Waals surface area contributed by atoms with Gasteiger partial charge in [-0.1, -0.05) is 30.9 Å². The fourth-order valence-corrected chi connectivity index (χ4v) is 2.84. The lowest BCUT2D eigenvalue weighted by Gasteiger charge is -2.19. The molecule has 0 aliphatic carbocycles. The fraction of sp³-hybridized carbons (Fsp3) is 0.400. The molecule has 124 valence electrons. The minimum absolute atomic E-state index is 0.0288. The smallest absolute Gasteiger partial charge is 0.120 e. The van der Waals surface area contributed by atoms with Gasteiger partial charge in [0.05, 0.1) is 12.2 Å². The average molecular weight is 314 g/mol. The fourth-order valence-electron chi connectivity index (χ4n) is 2.84. The SMILES string of the molecule is C=C1O[C@@H](C)C/C=C/[C@H](O)CCC/C=C/c2cc(O)cc(C)c21. The van der Waals surface area contributed by atoms with Crippen molar-refractivity contribution in [3.8, 4) is 5.75 Å². The van der Waals surface area contributed by atoms with Gasteiger partial charge in [-0.2, -0.15) is 0 Å². The van der Waals surface area contributed by atoms with Crippen molar-refractivity contribution in [2.45, 2.75) is 51.7 Å². The molecule has 1 aliphatic rings. The number of ether oxygens (including phenoxy) is 1. The number of allylic oxidation sites excluding steroid dienone is 1. The Morgan fingerprint density at radius 1 is 1.26 bits per heavy atom. The van der Waals surface area contributed by atoms with Crippen LogP contribution in [0.15, 0.2) is 36.9 Å². The number of aryl methyl sites for hydroxylation is 1. The monoisotopic (exact) mass is 314 g/mol. The second kappa shape index (κ2) is 8.02. The van der Waals surface area contributed by atoms with Crippen LogP contribution in [0.1, 0.15) is 49.3 Å². The van der Waals surface area contributed by atoms with Crippen LogP contribution in [0.3, 0.4) is 0 Å². The van der Waals surface area contributed by atoms with Crippen molar-refractivity contribution in [2.75, 3.05) is 0 Å². The highest BCUT2D eigenvalue weighted by atomic mass is 16.5. The molecule has 2 N–H and O–H groups in total. The van der Waals surface area contributed by atoms with Crippen molar-refractivity contribution in [3.05, 3.63) is 53.6 Å². The first-order valence-electron chi connectivity index (χ1n) is 8.18. The zero-order valence-electron chi connectivity index (χ0n) is 14.0. The lowest BCUT2D eigenvalue weighted by Crippen LogP contribution is -2.08. The van der Waals surface area contributed by atoms with Crippen LogP contribution in [0.25, 0.3) is 11.8 Å². The largest absolute Gasteiger partial charge is 0.508 e. The Hall–Kier alpha value is -2.00. The molecule has 3 heteroatoms. The molecular formula is C20H26O3. The van der Waals surface area contributed by atoms with Crippen molar-refractivity contribution in [1.29, 1.82) is 0 Å². The van der Waals surface area contributed by atoms with E-state index in [2.05, 4.69) is 12.7 Å². The summed E-state index contributed by atoms with van der Waals surface area (Å²) >= 11 is 0. The van der Waals surface area contributed by atoms with Gasteiger partial charge in [-0.15, -0.1) is 0 Å². The highest BCUT2D eigenvalue weighted by Crippen LogP contribution is 2.30. The molecule has 0 radical (unpaired) electrons. The summed E-state index contributed by atoms with van der Waals surface area (Å²) < 4.78 is 5.93. The molecule has 1 aliphatic heterocycles. The number of aliphatic hydroxyl groups is 1. The van der Waals surface area contributed by atoms with E-state index in [1.54, 1.807) is 12.1 Å². The van der Waals surface area contributed by atoms with Gasteiger partial charge in [0, 0.05) is 12.0 Å². The Morgan fingerprint density at radius 2 is 2.04 bits per heavy atom. The van der Waals surface area contributed by atoms with E-state index in [1.165, 1.54) is 0 Å². The maximum atomic E-state index is 9.89. The van der Waals surface area contributed by atoms with Gasteiger partial charge in [-0.3, -0.25) is 0 Å². The number of rotatable bonds is 0. The van der Waals surface area contributed by atoms with E-state index >= 15 is 0 Å². The maximum absolute atomic E-state index is 9.89. The molecule has 3 nitrogen and oxygen atoms in total. The van der Waals surface area contributed by atoms with E-state index in [-0.39, 0.29) is 11.9 Å². The number of phenols is 1. The zero-order valence-corrected chi connectivity index (χ0v) is 14.0. The van der Waals surface area contributed by atoms with E-state index in [0.717, 1.165) is 42.4 Å². The molecule has 0 aromatic heterocycles. The predicted octanol–water partition coefficient (Wildman–Crippen LogP) is 4.58. The first kappa shape index (κ1) is 17.4. The Bertz CT molecular complexity index is 614. The number of hydrogen-bond acceptors (Lipinski definition) is 3. The number of fused-ring (bicyclic) bond motifs is 1.